The first-order valence-electron chi connectivity index (χ1n) is 14.1. The van der Waals surface area contributed by atoms with Crippen LogP contribution in [0.25, 0.3) is 28.0 Å². The van der Waals surface area contributed by atoms with Crippen molar-refractivity contribution in [3.05, 3.63) is 80.2 Å². The Morgan fingerprint density at radius 2 is 1.76 bits per heavy atom. The molecular weight excluding hydrogens is 630 g/mol. The topological polar surface area (TPSA) is 110 Å². The average molecular weight is 661 g/mol. The third-order valence-corrected chi connectivity index (χ3v) is 8.66. The highest BCUT2D eigenvalue weighted by Gasteiger charge is 2.35. The Morgan fingerprint density at radius 1 is 1.11 bits per heavy atom. The molecule has 0 bridgehead atoms. The van der Waals surface area contributed by atoms with Gasteiger partial charge in [0.05, 0.1) is 32.5 Å². The van der Waals surface area contributed by atoms with Crippen molar-refractivity contribution in [2.75, 3.05) is 23.7 Å². The van der Waals surface area contributed by atoms with E-state index < -0.39 is 50.1 Å². The highest BCUT2D eigenvalue weighted by Crippen LogP contribution is 2.43. The van der Waals surface area contributed by atoms with Gasteiger partial charge in [0.25, 0.3) is 0 Å². The van der Waals surface area contributed by atoms with E-state index in [0.29, 0.717) is 16.9 Å². The molecular formula is C31H30Cl2F3N7O2. The summed E-state index contributed by atoms with van der Waals surface area (Å²) < 4.78 is 46.4. The molecule has 5 rings (SSSR count). The number of fused-ring (bicyclic) bond motifs is 1. The number of amides is 1. The summed E-state index contributed by atoms with van der Waals surface area (Å²) in [5.74, 6) is -4.27. The van der Waals surface area contributed by atoms with Gasteiger partial charge in [-0.05, 0) is 50.5 Å². The molecule has 45 heavy (non-hydrogen) atoms. The fourth-order valence-corrected chi connectivity index (χ4v) is 6.49. The van der Waals surface area contributed by atoms with Crippen LogP contribution in [-0.4, -0.2) is 55.5 Å². The zero-order valence-corrected chi connectivity index (χ0v) is 26.6. The van der Waals surface area contributed by atoms with E-state index >= 15 is 4.39 Å². The fourth-order valence-electron chi connectivity index (χ4n) is 5.90. The lowest BCUT2D eigenvalue weighted by molar-refractivity contribution is -0.130. The van der Waals surface area contributed by atoms with Crippen LogP contribution in [0.2, 0.25) is 10.0 Å². The first-order valence-corrected chi connectivity index (χ1v) is 14.9. The highest BCUT2D eigenvalue weighted by atomic mass is 35.5. The number of pyridine rings is 2. The molecule has 4 heterocycles. The van der Waals surface area contributed by atoms with Crippen LogP contribution in [0.4, 0.5) is 24.7 Å². The lowest BCUT2D eigenvalue weighted by Crippen LogP contribution is -2.58. The minimum atomic E-state index is -1.53. The standard InChI is InChI=1S/C31H30Cl2F3N7O2/c1-7-19(44)42-15(5)11-41(12-16(42)6)29-17-10-18(34)27(20-21(32)23(35)24(36)25(37)22(20)33)39-30(17)43(31(45)40-29)28-14(4)8-9-38-26(28)13(2)3/h7-10,13,15-16H,1,11-12,37H2,2-6H3/t15-,16+. The van der Waals surface area contributed by atoms with Gasteiger partial charge in [-0.25, -0.2) is 27.5 Å². The van der Waals surface area contributed by atoms with Crippen molar-refractivity contribution in [3.8, 4) is 16.9 Å². The van der Waals surface area contributed by atoms with Crippen LogP contribution in [0.1, 0.15) is 44.9 Å². The van der Waals surface area contributed by atoms with Crippen LogP contribution in [0.5, 0.6) is 0 Å². The van der Waals surface area contributed by atoms with Crippen LogP contribution in [-0.2, 0) is 4.79 Å². The Morgan fingerprint density at radius 3 is 2.36 bits per heavy atom. The van der Waals surface area contributed by atoms with Crippen molar-refractivity contribution in [3.63, 3.8) is 0 Å². The summed E-state index contributed by atoms with van der Waals surface area (Å²) in [6, 6.07) is 2.18. The Hall–Kier alpha value is -4.16. The number of nitrogens with zero attached hydrogens (tertiary/aromatic N) is 6. The molecule has 1 fully saturated rings. The summed E-state index contributed by atoms with van der Waals surface area (Å²) in [4.78, 5) is 43.4. The molecule has 0 radical (unpaired) electrons. The van der Waals surface area contributed by atoms with E-state index in [4.69, 9.17) is 28.9 Å². The molecule has 1 aliphatic rings. The molecule has 0 spiro atoms. The monoisotopic (exact) mass is 659 g/mol. The molecule has 3 aromatic heterocycles. The number of hydrogen-bond donors (Lipinski definition) is 1. The third-order valence-electron chi connectivity index (χ3n) is 7.91. The SMILES string of the molecule is C=CC(=O)N1[C@H](C)CN(c2nc(=O)n(-c3c(C)ccnc3C(C)C)c3nc(-c4c(Cl)c(N)c(F)c(F)c4Cl)c(F)cc23)C[C@@H]1C. The summed E-state index contributed by atoms with van der Waals surface area (Å²) in [5, 5.41) is -1.23. The molecule has 1 amide bonds. The van der Waals surface area contributed by atoms with Crippen LogP contribution >= 0.6 is 23.2 Å². The lowest BCUT2D eigenvalue weighted by atomic mass is 10.0. The normalized spacial score (nSPS) is 17.0. The molecule has 1 aliphatic heterocycles. The Kier molecular flexibility index (Phi) is 8.58. The lowest BCUT2D eigenvalue weighted by Gasteiger charge is -2.44. The summed E-state index contributed by atoms with van der Waals surface area (Å²) in [7, 11) is 0. The first kappa shape index (κ1) is 32.2. The summed E-state index contributed by atoms with van der Waals surface area (Å²) in [6.45, 7) is 13.4. The second-order valence-corrected chi connectivity index (χ2v) is 12.1. The maximum Gasteiger partial charge on any atom is 0.355 e. The van der Waals surface area contributed by atoms with E-state index in [1.54, 1.807) is 29.0 Å². The maximum atomic E-state index is 16.1. The third kappa shape index (κ3) is 5.29. The quantitative estimate of drug-likeness (QED) is 0.118. The molecule has 0 saturated carbocycles. The van der Waals surface area contributed by atoms with Crippen molar-refractivity contribution >= 4 is 51.6 Å². The first-order chi connectivity index (χ1) is 21.2. The number of benzene rings is 1. The second-order valence-electron chi connectivity index (χ2n) is 11.4. The minimum absolute atomic E-state index is 0.0558. The van der Waals surface area contributed by atoms with E-state index in [1.165, 1.54) is 10.6 Å². The van der Waals surface area contributed by atoms with Crippen molar-refractivity contribution in [1.29, 1.82) is 0 Å². The molecule has 236 valence electrons. The number of carbonyl (C=O) groups is 1. The molecule has 2 N–H and O–H groups in total. The average Bonchev–Trinajstić information content (AvgIpc) is 2.99. The van der Waals surface area contributed by atoms with E-state index in [2.05, 4.69) is 21.5 Å². The van der Waals surface area contributed by atoms with E-state index in [0.717, 1.165) is 6.07 Å². The number of aromatic nitrogens is 4. The van der Waals surface area contributed by atoms with Crippen molar-refractivity contribution in [1.82, 2.24) is 24.4 Å². The number of nitrogens with two attached hydrogens (primary N) is 1. The van der Waals surface area contributed by atoms with Gasteiger partial charge in [0.15, 0.2) is 17.3 Å². The van der Waals surface area contributed by atoms with E-state index in [1.807, 2.05) is 27.7 Å². The highest BCUT2D eigenvalue weighted by molar-refractivity contribution is 6.41. The van der Waals surface area contributed by atoms with Gasteiger partial charge in [-0.3, -0.25) is 9.78 Å². The largest absolute Gasteiger partial charge is 0.395 e. The molecule has 0 aliphatic carbocycles. The zero-order chi connectivity index (χ0) is 33.1. The number of carbonyl (C=O) groups excluding carboxylic acids is 1. The Labute approximate surface area is 267 Å². The van der Waals surface area contributed by atoms with Crippen LogP contribution in [0, 0.1) is 24.4 Å². The van der Waals surface area contributed by atoms with Crippen LogP contribution in [0.15, 0.2) is 35.8 Å². The molecule has 9 nitrogen and oxygen atoms in total. The van der Waals surface area contributed by atoms with Gasteiger partial charge in [-0.15, -0.1) is 0 Å². The van der Waals surface area contributed by atoms with Gasteiger partial charge in [0, 0.05) is 36.9 Å². The molecule has 14 heteroatoms. The zero-order valence-electron chi connectivity index (χ0n) is 25.1. The predicted octanol–water partition coefficient (Wildman–Crippen LogP) is 6.19. The number of aryl methyl sites for hydroxylation is 1. The fraction of sp³-hybridized carbons (Fsp3) is 0.323. The van der Waals surface area contributed by atoms with Crippen molar-refractivity contribution < 1.29 is 18.0 Å². The van der Waals surface area contributed by atoms with Gasteiger partial charge >= 0.3 is 5.69 Å². The molecule has 4 aromatic rings. The second kappa shape index (κ2) is 12.0. The van der Waals surface area contributed by atoms with Gasteiger partial charge in [0.1, 0.15) is 17.3 Å². The summed E-state index contributed by atoms with van der Waals surface area (Å²) in [5.41, 5.74) is 4.68. The van der Waals surface area contributed by atoms with Gasteiger partial charge in [-0.1, -0.05) is 43.6 Å². The number of halogens is 5. The van der Waals surface area contributed by atoms with Gasteiger partial charge < -0.3 is 15.5 Å². The summed E-state index contributed by atoms with van der Waals surface area (Å²) in [6.07, 6.45) is 2.85. The number of anilines is 2. The molecule has 1 aromatic carbocycles. The van der Waals surface area contributed by atoms with Crippen LogP contribution < -0.4 is 16.3 Å². The maximum absolute atomic E-state index is 16.1. The number of hydrogen-bond acceptors (Lipinski definition) is 7. The van der Waals surface area contributed by atoms with Gasteiger partial charge in [-0.2, -0.15) is 4.98 Å². The summed E-state index contributed by atoms with van der Waals surface area (Å²) >= 11 is 12.4. The number of piperazine rings is 1. The predicted molar refractivity (Wildman–Crippen MR) is 170 cm³/mol. The van der Waals surface area contributed by atoms with Crippen LogP contribution in [0.3, 0.4) is 0 Å². The Bertz CT molecular complexity index is 1910. The number of nitrogen functional groups attached to an aromatic ring is 1. The molecule has 0 unspecified atom stereocenters. The minimum Gasteiger partial charge on any atom is -0.395 e. The van der Waals surface area contributed by atoms with Gasteiger partial charge in [0.2, 0.25) is 5.91 Å². The number of rotatable bonds is 5. The van der Waals surface area contributed by atoms with Crippen molar-refractivity contribution in [2.24, 2.45) is 0 Å². The smallest absolute Gasteiger partial charge is 0.355 e. The van der Waals surface area contributed by atoms with Crippen molar-refractivity contribution in [2.45, 2.75) is 52.6 Å². The molecule has 2 atom stereocenters. The Balaban J connectivity index is 1.87. The van der Waals surface area contributed by atoms with E-state index in [9.17, 15) is 18.4 Å². The molecule has 1 saturated heterocycles. The van der Waals surface area contributed by atoms with E-state index in [-0.39, 0.29) is 53.8 Å².